The van der Waals surface area contributed by atoms with E-state index in [9.17, 15) is 30.7 Å². The minimum absolute atomic E-state index is 0.314. The summed E-state index contributed by atoms with van der Waals surface area (Å²) in [4.78, 5) is 27.1. The molecule has 220 valence electrons. The molecule has 4 N–H and O–H groups in total. The molecular weight excluding hydrogens is 579 g/mol. The van der Waals surface area contributed by atoms with E-state index in [4.69, 9.17) is 24.8 Å². The fourth-order valence-corrected chi connectivity index (χ4v) is 3.25. The van der Waals surface area contributed by atoms with Gasteiger partial charge in [-0.2, -0.15) is 31.4 Å². The van der Waals surface area contributed by atoms with Crippen molar-refractivity contribution in [3.63, 3.8) is 0 Å². The van der Waals surface area contributed by atoms with Gasteiger partial charge in [0.1, 0.15) is 11.6 Å². The van der Waals surface area contributed by atoms with Crippen LogP contribution in [0.2, 0.25) is 0 Å². The average molecular weight is 597 g/mol. The van der Waals surface area contributed by atoms with E-state index >= 15 is 0 Å². The first-order valence-corrected chi connectivity index (χ1v) is 11.4. The number of aromatic nitrogens is 4. The molecule has 0 fully saturated rings. The van der Waals surface area contributed by atoms with E-state index in [-0.39, 0.29) is 5.82 Å². The molecule has 0 bridgehead atoms. The maximum Gasteiger partial charge on any atom is 0.490 e. The lowest BCUT2D eigenvalue weighted by atomic mass is 10.1. The van der Waals surface area contributed by atoms with Crippen LogP contribution in [-0.4, -0.2) is 54.7 Å². The summed E-state index contributed by atoms with van der Waals surface area (Å²) < 4.78 is 77.2. The SMILES string of the molecule is Cc1ccc2c(Nc3ccc4[nH]ncc4c3)nc(-c3cccc(F)c3)nc2c1.O=C(O)C(F)(F)F.O=C(O)C(F)(F)F. The number of carboxylic acids is 2. The highest BCUT2D eigenvalue weighted by molar-refractivity contribution is 5.93. The Labute approximate surface area is 230 Å². The quantitative estimate of drug-likeness (QED) is 0.170. The van der Waals surface area contributed by atoms with E-state index in [0.29, 0.717) is 17.2 Å². The molecule has 2 aromatic heterocycles. The summed E-state index contributed by atoms with van der Waals surface area (Å²) in [5, 5.41) is 26.5. The van der Waals surface area contributed by atoms with Crippen molar-refractivity contribution < 1.29 is 50.5 Å². The van der Waals surface area contributed by atoms with Crippen molar-refractivity contribution in [3.05, 3.63) is 78.2 Å². The van der Waals surface area contributed by atoms with Crippen LogP contribution in [0.1, 0.15) is 5.56 Å². The van der Waals surface area contributed by atoms with Crippen molar-refractivity contribution in [1.29, 1.82) is 0 Å². The molecule has 0 aliphatic carbocycles. The van der Waals surface area contributed by atoms with Gasteiger partial charge in [-0.3, -0.25) is 5.10 Å². The van der Waals surface area contributed by atoms with Gasteiger partial charge in [-0.05, 0) is 55.0 Å². The molecule has 5 aromatic rings. The first-order valence-electron chi connectivity index (χ1n) is 11.4. The zero-order chi connectivity index (χ0) is 31.2. The van der Waals surface area contributed by atoms with Gasteiger partial charge in [0.05, 0.1) is 17.2 Å². The van der Waals surface area contributed by atoms with Crippen LogP contribution >= 0.6 is 0 Å². The second kappa shape index (κ2) is 12.5. The van der Waals surface area contributed by atoms with E-state index in [1.165, 1.54) is 12.1 Å². The van der Waals surface area contributed by atoms with Crippen LogP contribution in [0.5, 0.6) is 0 Å². The van der Waals surface area contributed by atoms with Crippen LogP contribution in [0.25, 0.3) is 33.2 Å². The Hall–Kier alpha value is -5.28. The summed E-state index contributed by atoms with van der Waals surface area (Å²) in [5.74, 6) is -4.68. The van der Waals surface area contributed by atoms with Gasteiger partial charge in [-0.1, -0.05) is 18.2 Å². The number of anilines is 2. The van der Waals surface area contributed by atoms with E-state index in [2.05, 4.69) is 20.5 Å². The molecule has 0 saturated carbocycles. The Balaban J connectivity index is 0.000000289. The Morgan fingerprint density at radius 1 is 0.857 bits per heavy atom. The molecule has 0 aliphatic rings. The standard InChI is InChI=1S/C22H16FN5.2C2HF3O2/c1-13-5-7-18-20(9-13)26-21(14-3-2-4-16(23)10-14)27-22(18)25-17-6-8-19-15(11-17)12-24-28-19;2*3-2(4,5)1(6)7/h2-12H,1H3,(H,24,28)(H,25,26,27);2*(H,6,7). The number of aryl methyl sites for hydroxylation is 1. The number of hydrogen-bond acceptors (Lipinski definition) is 6. The molecule has 0 saturated heterocycles. The lowest BCUT2D eigenvalue weighted by Crippen LogP contribution is -2.21. The molecule has 0 amide bonds. The number of fused-ring (bicyclic) bond motifs is 2. The lowest BCUT2D eigenvalue weighted by Gasteiger charge is -2.12. The minimum atomic E-state index is -5.08. The number of rotatable bonds is 3. The van der Waals surface area contributed by atoms with E-state index in [0.717, 1.165) is 33.1 Å². The van der Waals surface area contributed by atoms with Crippen molar-refractivity contribution >= 4 is 45.2 Å². The Bertz CT molecular complexity index is 1710. The number of hydrogen-bond donors (Lipinski definition) is 4. The molecule has 3 aromatic carbocycles. The van der Waals surface area contributed by atoms with Crippen LogP contribution in [0.3, 0.4) is 0 Å². The fourth-order valence-electron chi connectivity index (χ4n) is 3.25. The zero-order valence-electron chi connectivity index (χ0n) is 21.0. The van der Waals surface area contributed by atoms with Gasteiger partial charge in [-0.25, -0.2) is 23.9 Å². The first-order chi connectivity index (χ1) is 19.5. The van der Waals surface area contributed by atoms with Crippen molar-refractivity contribution in [2.75, 3.05) is 5.32 Å². The number of halogens is 7. The van der Waals surface area contributed by atoms with Crippen molar-refractivity contribution in [2.45, 2.75) is 19.3 Å². The van der Waals surface area contributed by atoms with Gasteiger partial charge in [0.2, 0.25) is 0 Å². The first kappa shape index (κ1) is 31.3. The third-order valence-corrected chi connectivity index (χ3v) is 5.12. The number of aliphatic carboxylic acids is 2. The molecule has 0 spiro atoms. The number of nitrogens with zero attached hydrogens (tertiary/aromatic N) is 3. The van der Waals surface area contributed by atoms with Crippen molar-refractivity contribution in [1.82, 2.24) is 20.2 Å². The molecule has 0 aliphatic heterocycles. The minimum Gasteiger partial charge on any atom is -0.475 e. The fraction of sp³-hybridized carbons (Fsp3) is 0.115. The zero-order valence-corrected chi connectivity index (χ0v) is 21.0. The molecular formula is C26H18F7N5O4. The second-order valence-electron chi connectivity index (χ2n) is 8.33. The van der Waals surface area contributed by atoms with Gasteiger partial charge >= 0.3 is 24.3 Å². The summed E-state index contributed by atoms with van der Waals surface area (Å²) in [7, 11) is 0. The van der Waals surface area contributed by atoms with E-state index in [1.54, 1.807) is 18.3 Å². The molecule has 16 heteroatoms. The number of H-pyrrole nitrogens is 1. The summed E-state index contributed by atoms with van der Waals surface area (Å²) in [5.41, 5.74) is 4.40. The highest BCUT2D eigenvalue weighted by Gasteiger charge is 2.38. The third kappa shape index (κ3) is 8.36. The predicted molar refractivity (Wildman–Crippen MR) is 136 cm³/mol. The van der Waals surface area contributed by atoms with Crippen LogP contribution in [-0.2, 0) is 9.59 Å². The van der Waals surface area contributed by atoms with E-state index in [1.807, 2.05) is 43.3 Å². The number of carboxylic acid groups (broad SMARTS) is 2. The number of aromatic amines is 1. The van der Waals surface area contributed by atoms with Gasteiger partial charge < -0.3 is 15.5 Å². The highest BCUT2D eigenvalue weighted by Crippen LogP contribution is 2.29. The molecule has 0 atom stereocenters. The molecule has 0 radical (unpaired) electrons. The molecule has 0 unspecified atom stereocenters. The Kier molecular flexibility index (Phi) is 9.29. The maximum absolute atomic E-state index is 13.7. The monoisotopic (exact) mass is 597 g/mol. The molecule has 9 nitrogen and oxygen atoms in total. The lowest BCUT2D eigenvalue weighted by molar-refractivity contribution is -0.193. The maximum atomic E-state index is 13.7. The number of carbonyl (C=O) groups is 2. The molecule has 2 heterocycles. The summed E-state index contributed by atoms with van der Waals surface area (Å²) >= 11 is 0. The van der Waals surface area contributed by atoms with Gasteiger partial charge in [-0.15, -0.1) is 0 Å². The van der Waals surface area contributed by atoms with Crippen LogP contribution in [0.15, 0.2) is 66.9 Å². The third-order valence-electron chi connectivity index (χ3n) is 5.12. The average Bonchev–Trinajstić information content (AvgIpc) is 3.36. The van der Waals surface area contributed by atoms with Crippen molar-refractivity contribution in [2.24, 2.45) is 0 Å². The number of nitrogens with one attached hydrogen (secondary N) is 2. The Morgan fingerprint density at radius 3 is 2.10 bits per heavy atom. The second-order valence-corrected chi connectivity index (χ2v) is 8.33. The smallest absolute Gasteiger partial charge is 0.475 e. The van der Waals surface area contributed by atoms with Crippen LogP contribution in [0, 0.1) is 12.7 Å². The molecule has 42 heavy (non-hydrogen) atoms. The topological polar surface area (TPSA) is 141 Å². The molecule has 5 rings (SSSR count). The van der Waals surface area contributed by atoms with Crippen LogP contribution < -0.4 is 5.32 Å². The normalized spacial score (nSPS) is 11.2. The summed E-state index contributed by atoms with van der Waals surface area (Å²) in [6.07, 6.45) is -8.39. The van der Waals surface area contributed by atoms with Gasteiger partial charge in [0.15, 0.2) is 5.82 Å². The number of alkyl halides is 6. The van der Waals surface area contributed by atoms with Crippen LogP contribution in [0.4, 0.5) is 42.2 Å². The largest absolute Gasteiger partial charge is 0.490 e. The highest BCUT2D eigenvalue weighted by atomic mass is 19.4. The van der Waals surface area contributed by atoms with Gasteiger partial charge in [0.25, 0.3) is 0 Å². The van der Waals surface area contributed by atoms with Gasteiger partial charge in [0, 0.05) is 22.0 Å². The summed E-state index contributed by atoms with van der Waals surface area (Å²) in [6.45, 7) is 2.02. The number of benzene rings is 3. The Morgan fingerprint density at radius 2 is 1.50 bits per heavy atom. The van der Waals surface area contributed by atoms with E-state index < -0.39 is 24.3 Å². The summed E-state index contributed by atoms with van der Waals surface area (Å²) in [6, 6.07) is 18.3. The van der Waals surface area contributed by atoms with Crippen molar-refractivity contribution in [3.8, 4) is 11.4 Å². The predicted octanol–water partition coefficient (Wildman–Crippen LogP) is 6.63.